The fourth-order valence-electron chi connectivity index (χ4n) is 4.09. The molecule has 156 valence electrons. The first-order valence-electron chi connectivity index (χ1n) is 10.5. The highest BCUT2D eigenvalue weighted by atomic mass is 32.1. The minimum Gasteiger partial charge on any atom is -0.338 e. The Morgan fingerprint density at radius 1 is 1.06 bits per heavy atom. The van der Waals surface area contributed by atoms with Gasteiger partial charge < -0.3 is 9.88 Å². The second kappa shape index (κ2) is 8.43. The van der Waals surface area contributed by atoms with Crippen LogP contribution in [-0.2, 0) is 11.2 Å². The Bertz CT molecular complexity index is 1270. The van der Waals surface area contributed by atoms with Gasteiger partial charge in [0, 0.05) is 18.5 Å². The van der Waals surface area contributed by atoms with Crippen molar-refractivity contribution in [3.05, 3.63) is 76.6 Å². The van der Waals surface area contributed by atoms with Crippen LogP contribution in [0.15, 0.2) is 65.5 Å². The van der Waals surface area contributed by atoms with E-state index in [4.69, 9.17) is 0 Å². The van der Waals surface area contributed by atoms with Gasteiger partial charge in [-0.25, -0.2) is 9.97 Å². The number of aromatic nitrogens is 3. The highest BCUT2D eigenvalue weighted by Crippen LogP contribution is 2.33. The molecule has 0 unspecified atom stereocenters. The van der Waals surface area contributed by atoms with Crippen LogP contribution in [0.4, 0.5) is 5.13 Å². The van der Waals surface area contributed by atoms with Crippen LogP contribution < -0.4 is 10.5 Å². The lowest BCUT2D eigenvalue weighted by molar-refractivity contribution is -0.120. The zero-order valence-corrected chi connectivity index (χ0v) is 17.8. The Balaban J connectivity index is 1.39. The van der Waals surface area contributed by atoms with Crippen molar-refractivity contribution >= 4 is 32.6 Å². The number of nitrogens with zero attached hydrogens (tertiary/aromatic N) is 3. The molecule has 1 N–H and O–H groups in total. The molecular weight excluding hydrogens is 408 g/mol. The van der Waals surface area contributed by atoms with Crippen LogP contribution in [0.3, 0.4) is 0 Å². The Hall–Kier alpha value is -3.32. The van der Waals surface area contributed by atoms with Crippen molar-refractivity contribution in [3.8, 4) is 11.4 Å². The van der Waals surface area contributed by atoms with E-state index in [0.717, 1.165) is 31.4 Å². The van der Waals surface area contributed by atoms with E-state index in [0.29, 0.717) is 27.7 Å². The summed E-state index contributed by atoms with van der Waals surface area (Å²) in [4.78, 5) is 40.3. The summed E-state index contributed by atoms with van der Waals surface area (Å²) in [6.07, 6.45) is 3.01. The van der Waals surface area contributed by atoms with Crippen molar-refractivity contribution in [1.82, 2.24) is 15.0 Å². The van der Waals surface area contributed by atoms with E-state index < -0.39 is 0 Å². The van der Waals surface area contributed by atoms with Crippen LogP contribution in [0.5, 0.6) is 0 Å². The van der Waals surface area contributed by atoms with Crippen molar-refractivity contribution in [2.24, 2.45) is 0 Å². The number of carbonyl (C=O) groups excluding carboxylic acids is 1. The number of carbonyl (C=O) groups is 1. The van der Waals surface area contributed by atoms with E-state index in [1.165, 1.54) is 16.9 Å². The summed E-state index contributed by atoms with van der Waals surface area (Å²) in [6.45, 7) is 0.769. The zero-order valence-electron chi connectivity index (χ0n) is 17.0. The Morgan fingerprint density at radius 2 is 1.81 bits per heavy atom. The number of hydrogen-bond acceptors (Lipinski definition) is 6. The van der Waals surface area contributed by atoms with E-state index in [9.17, 15) is 9.59 Å². The van der Waals surface area contributed by atoms with E-state index >= 15 is 0 Å². The van der Waals surface area contributed by atoms with Gasteiger partial charge >= 0.3 is 0 Å². The molecule has 1 saturated heterocycles. The van der Waals surface area contributed by atoms with Gasteiger partial charge in [0.2, 0.25) is 0 Å². The standard InChI is InChI=1S/C24H22N4O2S/c29-19(14-13-16-8-3-1-4-9-16)18-12-7-15-28(18)24-25-20-22(30)26-21(27-23(20)31-24)17-10-5-2-6-11-17/h1-6,8-11,18H,7,12-15H2,(H,26,27,30)/t18-/m1/s1. The maximum atomic E-state index is 13.0. The third-order valence-corrected chi connectivity index (χ3v) is 6.66. The normalized spacial score (nSPS) is 16.1. The molecule has 0 spiro atoms. The van der Waals surface area contributed by atoms with Gasteiger partial charge in [-0.3, -0.25) is 9.59 Å². The van der Waals surface area contributed by atoms with E-state index in [-0.39, 0.29) is 17.4 Å². The summed E-state index contributed by atoms with van der Waals surface area (Å²) in [5.74, 6) is 0.762. The maximum Gasteiger partial charge on any atom is 0.278 e. The van der Waals surface area contributed by atoms with E-state index in [1.54, 1.807) is 0 Å². The second-order valence-corrected chi connectivity index (χ2v) is 8.69. The van der Waals surface area contributed by atoms with Crippen molar-refractivity contribution in [3.63, 3.8) is 0 Å². The molecule has 2 aromatic heterocycles. The monoisotopic (exact) mass is 430 g/mol. The zero-order chi connectivity index (χ0) is 21.2. The largest absolute Gasteiger partial charge is 0.338 e. The van der Waals surface area contributed by atoms with Crippen LogP contribution in [0, 0.1) is 0 Å². The number of rotatable bonds is 6. The van der Waals surface area contributed by atoms with Gasteiger partial charge in [-0.05, 0) is 24.8 Å². The number of ketones is 1. The lowest BCUT2D eigenvalue weighted by atomic mass is 10.0. The second-order valence-electron chi connectivity index (χ2n) is 7.73. The molecule has 4 aromatic rings. The fraction of sp³-hybridized carbons (Fsp3) is 0.250. The number of H-pyrrole nitrogens is 1. The third-order valence-electron chi connectivity index (χ3n) is 5.68. The molecular formula is C24H22N4O2S. The minimum atomic E-state index is -0.252. The molecule has 0 bridgehead atoms. The molecule has 0 aliphatic carbocycles. The number of thiazole rings is 1. The van der Waals surface area contributed by atoms with Crippen LogP contribution in [0.2, 0.25) is 0 Å². The molecule has 1 aliphatic rings. The summed E-state index contributed by atoms with van der Waals surface area (Å²) in [5, 5.41) is 0.703. The van der Waals surface area contributed by atoms with Gasteiger partial charge in [-0.15, -0.1) is 0 Å². The summed E-state index contributed by atoms with van der Waals surface area (Å²) in [7, 11) is 0. The number of anilines is 1. The Morgan fingerprint density at radius 3 is 2.58 bits per heavy atom. The van der Waals surface area contributed by atoms with Crippen molar-refractivity contribution in [2.45, 2.75) is 31.7 Å². The molecule has 1 aliphatic heterocycles. The average molecular weight is 431 g/mol. The molecule has 1 atom stereocenters. The van der Waals surface area contributed by atoms with Crippen molar-refractivity contribution in [1.29, 1.82) is 0 Å². The lowest BCUT2D eigenvalue weighted by Crippen LogP contribution is -2.36. The predicted octanol–water partition coefficient (Wildman–Crippen LogP) is 4.22. The summed E-state index contributed by atoms with van der Waals surface area (Å²) < 4.78 is 0. The van der Waals surface area contributed by atoms with Gasteiger partial charge in [0.05, 0.1) is 6.04 Å². The molecule has 0 saturated carbocycles. The van der Waals surface area contributed by atoms with Crippen molar-refractivity contribution in [2.75, 3.05) is 11.4 Å². The van der Waals surface area contributed by atoms with Gasteiger partial charge in [-0.2, -0.15) is 0 Å². The molecule has 5 rings (SSSR count). The predicted molar refractivity (Wildman–Crippen MR) is 124 cm³/mol. The first-order chi connectivity index (χ1) is 15.2. The van der Waals surface area contributed by atoms with Gasteiger partial charge in [0.1, 0.15) is 5.82 Å². The van der Waals surface area contributed by atoms with E-state index in [1.807, 2.05) is 48.5 Å². The van der Waals surface area contributed by atoms with Gasteiger partial charge in [-0.1, -0.05) is 72.0 Å². The molecule has 6 nitrogen and oxygen atoms in total. The average Bonchev–Trinajstić information content (AvgIpc) is 3.46. The molecule has 7 heteroatoms. The number of aryl methyl sites for hydroxylation is 1. The number of Topliss-reactive ketones (excluding diaryl/α,β-unsaturated/α-hetero) is 1. The smallest absolute Gasteiger partial charge is 0.278 e. The minimum absolute atomic E-state index is 0.183. The molecule has 2 aromatic carbocycles. The SMILES string of the molecule is O=C(CCc1ccccc1)[C@H]1CCCN1c1nc2c(=O)[nH]c(-c3ccccc3)nc2s1. The number of nitrogens with one attached hydrogen (secondary N) is 1. The summed E-state index contributed by atoms with van der Waals surface area (Å²) >= 11 is 1.38. The van der Waals surface area contributed by atoms with Crippen LogP contribution in [0.25, 0.3) is 21.7 Å². The number of fused-ring (bicyclic) bond motifs is 1. The number of hydrogen-bond donors (Lipinski definition) is 1. The van der Waals surface area contributed by atoms with Crippen LogP contribution in [-0.4, -0.2) is 33.3 Å². The Kier molecular flexibility index (Phi) is 5.34. The van der Waals surface area contributed by atoms with Crippen LogP contribution in [0.1, 0.15) is 24.8 Å². The molecule has 0 radical (unpaired) electrons. The van der Waals surface area contributed by atoms with Crippen LogP contribution >= 0.6 is 11.3 Å². The van der Waals surface area contributed by atoms with E-state index in [2.05, 4.69) is 32.0 Å². The molecule has 31 heavy (non-hydrogen) atoms. The molecule has 0 amide bonds. The number of benzene rings is 2. The fourth-order valence-corrected chi connectivity index (χ4v) is 5.10. The van der Waals surface area contributed by atoms with Gasteiger partial charge in [0.15, 0.2) is 21.3 Å². The van der Waals surface area contributed by atoms with Gasteiger partial charge in [0.25, 0.3) is 5.56 Å². The highest BCUT2D eigenvalue weighted by molar-refractivity contribution is 7.21. The quantitative estimate of drug-likeness (QED) is 0.496. The molecule has 1 fully saturated rings. The topological polar surface area (TPSA) is 79.0 Å². The van der Waals surface area contributed by atoms with Crippen molar-refractivity contribution < 1.29 is 4.79 Å². The Labute approximate surface area is 183 Å². The first kappa shape index (κ1) is 19.6. The number of aromatic amines is 1. The third kappa shape index (κ3) is 4.01. The summed E-state index contributed by atoms with van der Waals surface area (Å²) in [5.41, 5.74) is 2.11. The lowest BCUT2D eigenvalue weighted by Gasteiger charge is -2.22. The first-order valence-corrected chi connectivity index (χ1v) is 11.3. The highest BCUT2D eigenvalue weighted by Gasteiger charge is 2.32. The summed E-state index contributed by atoms with van der Waals surface area (Å²) in [6, 6.07) is 19.5. The molecule has 3 heterocycles. The maximum absolute atomic E-state index is 13.0.